The maximum absolute atomic E-state index is 12.8. The zero-order chi connectivity index (χ0) is 23.0. The number of para-hydroxylation sites is 1. The van der Waals surface area contributed by atoms with Gasteiger partial charge in [-0.25, -0.2) is 4.98 Å². The number of fused-ring (bicyclic) bond motifs is 2. The van der Waals surface area contributed by atoms with Crippen molar-refractivity contribution in [2.45, 2.75) is 25.8 Å². The van der Waals surface area contributed by atoms with E-state index in [1.807, 2.05) is 32.3 Å². The number of rotatable bonds is 4. The lowest BCUT2D eigenvalue weighted by atomic mass is 9.71. The zero-order valence-corrected chi connectivity index (χ0v) is 19.1. The Kier molecular flexibility index (Phi) is 5.50. The molecule has 0 radical (unpaired) electrons. The van der Waals surface area contributed by atoms with Gasteiger partial charge in [-0.05, 0) is 73.1 Å². The molecule has 0 bridgehead atoms. The van der Waals surface area contributed by atoms with Crippen LogP contribution < -0.4 is 10.6 Å². The molecule has 2 aromatic heterocycles. The van der Waals surface area contributed by atoms with Crippen molar-refractivity contribution >= 4 is 34.6 Å². The highest BCUT2D eigenvalue weighted by Crippen LogP contribution is 2.39. The summed E-state index contributed by atoms with van der Waals surface area (Å²) in [5, 5.41) is 7.50. The summed E-state index contributed by atoms with van der Waals surface area (Å²) in [5.74, 6) is 0.652. The summed E-state index contributed by atoms with van der Waals surface area (Å²) in [4.78, 5) is 31.6. The summed E-state index contributed by atoms with van der Waals surface area (Å²) in [7, 11) is 3.84. The molecule has 7 nitrogen and oxygen atoms in total. The Morgan fingerprint density at radius 3 is 2.82 bits per heavy atom. The van der Waals surface area contributed by atoms with Crippen molar-refractivity contribution in [3.05, 3.63) is 65.5 Å². The van der Waals surface area contributed by atoms with Gasteiger partial charge in [0.05, 0.1) is 12.0 Å². The van der Waals surface area contributed by atoms with Crippen molar-refractivity contribution in [1.82, 2.24) is 19.8 Å². The molecule has 170 valence electrons. The molecule has 0 saturated carbocycles. The highest BCUT2D eigenvalue weighted by atomic mass is 16.2. The van der Waals surface area contributed by atoms with Crippen LogP contribution in [0, 0.1) is 5.41 Å². The average Bonchev–Trinajstić information content (AvgIpc) is 3.14. The fraction of sp³-hybridized carbons (Fsp3) is 0.346. The second-order valence-corrected chi connectivity index (χ2v) is 9.22. The topological polar surface area (TPSA) is 79.3 Å². The summed E-state index contributed by atoms with van der Waals surface area (Å²) in [5.41, 5.74) is 3.79. The number of likely N-dealkylation sites (N-methyl/N-ethyl adjacent to an activating group) is 1. The third-order valence-corrected chi connectivity index (χ3v) is 7.04. The molecular weight excluding hydrogens is 414 g/mol. The predicted octanol–water partition coefficient (Wildman–Crippen LogP) is 3.11. The number of amides is 2. The second-order valence-electron chi connectivity index (χ2n) is 9.22. The normalized spacial score (nSPS) is 17.3. The number of nitrogens with one attached hydrogen (secondary N) is 2. The molecule has 2 aliphatic heterocycles. The Hall–Kier alpha value is -3.45. The van der Waals surface area contributed by atoms with Gasteiger partial charge < -0.3 is 20.1 Å². The van der Waals surface area contributed by atoms with Crippen molar-refractivity contribution < 1.29 is 9.59 Å². The van der Waals surface area contributed by atoms with Crippen molar-refractivity contribution in [3.8, 4) is 0 Å². The Balaban J connectivity index is 1.29. The number of benzene rings is 1. The van der Waals surface area contributed by atoms with Crippen LogP contribution in [0.25, 0.3) is 17.0 Å². The Labute approximate surface area is 193 Å². The molecule has 1 spiro atoms. The van der Waals surface area contributed by atoms with Crippen LogP contribution in [0.5, 0.6) is 0 Å². The molecule has 3 aromatic rings. The molecule has 7 heteroatoms. The van der Waals surface area contributed by atoms with Crippen LogP contribution in [-0.2, 0) is 29.6 Å². The summed E-state index contributed by atoms with van der Waals surface area (Å²) in [6.45, 7) is 2.24. The number of pyridine rings is 1. The van der Waals surface area contributed by atoms with Crippen molar-refractivity contribution in [3.63, 3.8) is 0 Å². The van der Waals surface area contributed by atoms with Crippen molar-refractivity contribution in [2.24, 2.45) is 12.5 Å². The minimum atomic E-state index is -0.350. The number of hydrogen-bond donors (Lipinski definition) is 2. The van der Waals surface area contributed by atoms with Gasteiger partial charge in [-0.3, -0.25) is 9.59 Å². The van der Waals surface area contributed by atoms with Gasteiger partial charge in [0.25, 0.3) is 0 Å². The first-order chi connectivity index (χ1) is 15.9. The lowest BCUT2D eigenvalue weighted by Crippen LogP contribution is -2.48. The van der Waals surface area contributed by atoms with Crippen LogP contribution >= 0.6 is 0 Å². The molecule has 5 rings (SSSR count). The molecule has 0 atom stereocenters. The van der Waals surface area contributed by atoms with Crippen LogP contribution in [-0.4, -0.2) is 46.4 Å². The maximum Gasteiger partial charge on any atom is 0.246 e. The first-order valence-electron chi connectivity index (χ1n) is 11.4. The van der Waals surface area contributed by atoms with Crippen LogP contribution in [0.1, 0.15) is 29.7 Å². The number of hydrogen-bond acceptors (Lipinski definition) is 4. The van der Waals surface area contributed by atoms with E-state index < -0.39 is 0 Å². The summed E-state index contributed by atoms with van der Waals surface area (Å²) < 4.78 is 2.13. The number of piperidine rings is 1. The molecule has 33 heavy (non-hydrogen) atoms. The number of aromatic nitrogens is 2. The van der Waals surface area contributed by atoms with E-state index in [1.165, 1.54) is 5.39 Å². The van der Waals surface area contributed by atoms with E-state index in [0.29, 0.717) is 18.8 Å². The molecule has 0 aliphatic carbocycles. The van der Waals surface area contributed by atoms with Gasteiger partial charge in [0.1, 0.15) is 5.82 Å². The molecule has 2 amide bonds. The third-order valence-electron chi connectivity index (χ3n) is 7.04. The Morgan fingerprint density at radius 1 is 1.24 bits per heavy atom. The van der Waals surface area contributed by atoms with Crippen molar-refractivity contribution in [2.75, 3.05) is 25.5 Å². The fourth-order valence-electron chi connectivity index (χ4n) is 4.97. The fourth-order valence-corrected chi connectivity index (χ4v) is 4.97. The number of carbonyl (C=O) groups excluding carboxylic acids is 2. The smallest absolute Gasteiger partial charge is 0.246 e. The van der Waals surface area contributed by atoms with Crippen LogP contribution in [0.15, 0.2) is 48.7 Å². The number of carbonyl (C=O) groups is 2. The van der Waals surface area contributed by atoms with Gasteiger partial charge in [-0.2, -0.15) is 0 Å². The van der Waals surface area contributed by atoms with Crippen molar-refractivity contribution in [1.29, 1.82) is 0 Å². The molecule has 1 aromatic carbocycles. The number of nitrogens with zero attached hydrogens (tertiary/aromatic N) is 3. The zero-order valence-electron chi connectivity index (χ0n) is 19.1. The Morgan fingerprint density at radius 2 is 2.03 bits per heavy atom. The summed E-state index contributed by atoms with van der Waals surface area (Å²) in [6, 6.07) is 12.4. The van der Waals surface area contributed by atoms with Gasteiger partial charge in [0, 0.05) is 37.6 Å². The molecular formula is C26H29N5O2. The standard InChI is InChI=1S/C26H29N5O2/c1-30(17-21-14-19-5-3-4-6-22(19)31(21)2)23(32)8-7-18-13-20-15-26(9-11-27-12-10-26)25(33)29-24(20)28-16-18/h3-8,13-14,16,27H,9-12,15,17H2,1-2H3,(H,28,29,33). The van der Waals surface area contributed by atoms with Gasteiger partial charge in [0.2, 0.25) is 11.8 Å². The number of anilines is 1. The second kappa shape index (κ2) is 8.48. The third kappa shape index (κ3) is 4.04. The molecule has 0 unspecified atom stereocenters. The average molecular weight is 444 g/mol. The van der Waals surface area contributed by atoms with E-state index in [0.717, 1.165) is 48.3 Å². The lowest BCUT2D eigenvalue weighted by molar-refractivity contribution is -0.127. The van der Waals surface area contributed by atoms with Crippen LogP contribution in [0.3, 0.4) is 0 Å². The first kappa shape index (κ1) is 21.4. The van der Waals surface area contributed by atoms with E-state index in [9.17, 15) is 9.59 Å². The monoisotopic (exact) mass is 443 g/mol. The van der Waals surface area contributed by atoms with Gasteiger partial charge in [-0.15, -0.1) is 0 Å². The summed E-state index contributed by atoms with van der Waals surface area (Å²) >= 11 is 0. The van der Waals surface area contributed by atoms with E-state index in [4.69, 9.17) is 0 Å². The minimum Gasteiger partial charge on any atom is -0.346 e. The van der Waals surface area contributed by atoms with Gasteiger partial charge in [0.15, 0.2) is 0 Å². The largest absolute Gasteiger partial charge is 0.346 e. The van der Waals surface area contributed by atoms with E-state index >= 15 is 0 Å². The van der Waals surface area contributed by atoms with Crippen LogP contribution in [0.2, 0.25) is 0 Å². The highest BCUT2D eigenvalue weighted by molar-refractivity contribution is 5.98. The van der Waals surface area contributed by atoms with Gasteiger partial charge >= 0.3 is 0 Å². The minimum absolute atomic E-state index is 0.0684. The van der Waals surface area contributed by atoms with E-state index in [-0.39, 0.29) is 17.2 Å². The molecule has 2 N–H and O–H groups in total. The maximum atomic E-state index is 12.8. The van der Waals surface area contributed by atoms with E-state index in [1.54, 1.807) is 23.2 Å². The van der Waals surface area contributed by atoms with E-state index in [2.05, 4.69) is 38.4 Å². The van der Waals surface area contributed by atoms with Crippen LogP contribution in [0.4, 0.5) is 5.82 Å². The molecule has 2 aliphatic rings. The molecule has 1 saturated heterocycles. The molecule has 1 fully saturated rings. The number of aryl methyl sites for hydroxylation is 1. The SMILES string of the molecule is CN(Cc1cc2ccccc2n1C)C(=O)C=Cc1cnc2c(c1)CC1(CCNCC1)C(=O)N2. The quantitative estimate of drug-likeness (QED) is 0.608. The first-order valence-corrected chi connectivity index (χ1v) is 11.4. The highest BCUT2D eigenvalue weighted by Gasteiger charge is 2.43. The Bertz CT molecular complexity index is 1250. The lowest BCUT2D eigenvalue weighted by Gasteiger charge is -2.39. The summed E-state index contributed by atoms with van der Waals surface area (Å²) in [6.07, 6.45) is 7.45. The van der Waals surface area contributed by atoms with Gasteiger partial charge in [-0.1, -0.05) is 18.2 Å². The molecule has 4 heterocycles. The predicted molar refractivity (Wildman–Crippen MR) is 130 cm³/mol.